The van der Waals surface area contributed by atoms with Gasteiger partial charge >= 0.3 is 0 Å². The molecule has 2 N–H and O–H groups in total. The predicted octanol–water partition coefficient (Wildman–Crippen LogP) is -0.416. The van der Waals surface area contributed by atoms with Crippen LogP contribution in [0.1, 0.15) is 10.5 Å². The molecule has 13 heavy (non-hydrogen) atoms. The average Bonchev–Trinajstić information content (AvgIpc) is 2.03. The minimum atomic E-state index is -3.38. The number of rotatable bonds is 2. The molecular formula is C7H8N2O3S. The molecule has 1 rings (SSSR count). The van der Waals surface area contributed by atoms with Crippen LogP contribution in [-0.4, -0.2) is 25.6 Å². The fourth-order valence-electron chi connectivity index (χ4n) is 0.759. The zero-order valence-corrected chi connectivity index (χ0v) is 7.71. The van der Waals surface area contributed by atoms with E-state index in [4.69, 9.17) is 5.73 Å². The molecule has 6 heteroatoms. The van der Waals surface area contributed by atoms with Crippen LogP contribution < -0.4 is 5.73 Å². The average molecular weight is 200 g/mol. The van der Waals surface area contributed by atoms with E-state index in [0.717, 1.165) is 6.26 Å². The normalized spacial score (nSPS) is 11.2. The molecule has 0 radical (unpaired) electrons. The molecule has 1 heterocycles. The van der Waals surface area contributed by atoms with E-state index in [2.05, 4.69) is 4.98 Å². The third-order valence-electron chi connectivity index (χ3n) is 1.36. The van der Waals surface area contributed by atoms with E-state index in [1.807, 2.05) is 0 Å². The van der Waals surface area contributed by atoms with E-state index >= 15 is 0 Å². The van der Waals surface area contributed by atoms with Gasteiger partial charge in [-0.25, -0.2) is 13.4 Å². The van der Waals surface area contributed by atoms with E-state index in [0.29, 0.717) is 0 Å². The Bertz CT molecular complexity index is 439. The first kappa shape index (κ1) is 9.66. The summed E-state index contributed by atoms with van der Waals surface area (Å²) in [4.78, 5) is 14.2. The molecule has 0 unspecified atom stereocenters. The molecule has 0 saturated carbocycles. The number of aromatic nitrogens is 1. The van der Waals surface area contributed by atoms with Gasteiger partial charge in [-0.15, -0.1) is 0 Å². The highest BCUT2D eigenvalue weighted by molar-refractivity contribution is 7.90. The van der Waals surface area contributed by atoms with Crippen LogP contribution in [0.15, 0.2) is 23.2 Å². The minimum Gasteiger partial charge on any atom is -0.364 e. The van der Waals surface area contributed by atoms with Crippen LogP contribution >= 0.6 is 0 Å². The molecule has 1 aromatic heterocycles. The van der Waals surface area contributed by atoms with Gasteiger partial charge in [-0.1, -0.05) is 6.07 Å². The second-order valence-electron chi connectivity index (χ2n) is 2.50. The van der Waals surface area contributed by atoms with Crippen molar-refractivity contribution in [1.82, 2.24) is 4.98 Å². The Kier molecular flexibility index (Phi) is 2.33. The van der Waals surface area contributed by atoms with Gasteiger partial charge in [0.1, 0.15) is 5.69 Å². The van der Waals surface area contributed by atoms with Gasteiger partial charge in [0.25, 0.3) is 5.91 Å². The third kappa shape index (κ3) is 2.25. The number of carbonyl (C=O) groups excluding carboxylic acids is 1. The molecule has 0 spiro atoms. The molecule has 0 atom stereocenters. The van der Waals surface area contributed by atoms with E-state index in [-0.39, 0.29) is 10.7 Å². The molecule has 0 aliphatic rings. The lowest BCUT2D eigenvalue weighted by molar-refractivity contribution is 0.0995. The van der Waals surface area contributed by atoms with E-state index in [9.17, 15) is 13.2 Å². The minimum absolute atomic E-state index is 0.0528. The maximum absolute atomic E-state index is 11.0. The van der Waals surface area contributed by atoms with Crippen molar-refractivity contribution >= 4 is 15.7 Å². The molecule has 0 saturated heterocycles. The summed E-state index contributed by atoms with van der Waals surface area (Å²) in [6, 6.07) is 4.09. The first-order valence-electron chi connectivity index (χ1n) is 3.38. The lowest BCUT2D eigenvalue weighted by Crippen LogP contribution is -2.14. The number of primary amides is 1. The van der Waals surface area contributed by atoms with Crippen LogP contribution in [0, 0.1) is 0 Å². The Morgan fingerprint density at radius 2 is 2.08 bits per heavy atom. The highest BCUT2D eigenvalue weighted by Gasteiger charge is 2.10. The summed E-state index contributed by atoms with van der Waals surface area (Å²) in [5, 5.41) is -0.149. The summed E-state index contributed by atoms with van der Waals surface area (Å²) in [5.41, 5.74) is 4.88. The van der Waals surface area contributed by atoms with E-state index < -0.39 is 15.7 Å². The Morgan fingerprint density at radius 1 is 1.46 bits per heavy atom. The van der Waals surface area contributed by atoms with Crippen molar-refractivity contribution in [1.29, 1.82) is 0 Å². The van der Waals surface area contributed by atoms with Gasteiger partial charge in [-0.05, 0) is 12.1 Å². The van der Waals surface area contributed by atoms with Crippen molar-refractivity contribution < 1.29 is 13.2 Å². The molecule has 1 amide bonds. The van der Waals surface area contributed by atoms with Crippen molar-refractivity contribution in [2.45, 2.75) is 5.03 Å². The van der Waals surface area contributed by atoms with Gasteiger partial charge in [0.15, 0.2) is 14.9 Å². The number of sulfone groups is 1. The molecule has 0 aromatic carbocycles. The number of nitrogens with zero attached hydrogens (tertiary/aromatic N) is 1. The summed E-state index contributed by atoms with van der Waals surface area (Å²) in [7, 11) is -3.38. The Morgan fingerprint density at radius 3 is 2.54 bits per heavy atom. The lowest BCUT2D eigenvalue weighted by atomic mass is 10.3. The maximum Gasteiger partial charge on any atom is 0.267 e. The van der Waals surface area contributed by atoms with Gasteiger partial charge in [-0.2, -0.15) is 0 Å². The number of pyridine rings is 1. The lowest BCUT2D eigenvalue weighted by Gasteiger charge is -1.98. The van der Waals surface area contributed by atoms with Gasteiger partial charge in [0.05, 0.1) is 0 Å². The molecule has 0 bridgehead atoms. The van der Waals surface area contributed by atoms with E-state index in [1.165, 1.54) is 18.2 Å². The molecule has 0 aliphatic carbocycles. The van der Waals surface area contributed by atoms with Crippen LogP contribution in [0.3, 0.4) is 0 Å². The third-order valence-corrected chi connectivity index (χ3v) is 2.34. The zero-order chi connectivity index (χ0) is 10.1. The molecule has 0 aliphatic heterocycles. The molecule has 70 valence electrons. The van der Waals surface area contributed by atoms with Gasteiger partial charge in [0.2, 0.25) is 0 Å². The number of hydrogen-bond acceptors (Lipinski definition) is 4. The molecule has 5 nitrogen and oxygen atoms in total. The monoisotopic (exact) mass is 200 g/mol. The Labute approximate surface area is 75.5 Å². The second-order valence-corrected chi connectivity index (χ2v) is 4.46. The highest BCUT2D eigenvalue weighted by atomic mass is 32.2. The fourth-order valence-corrected chi connectivity index (χ4v) is 1.35. The standard InChI is InChI=1S/C7H8N2O3S/c1-13(11,12)6-4-2-3-5(9-6)7(8)10/h2-4H,1H3,(H2,8,10). The second kappa shape index (κ2) is 3.14. The van der Waals surface area contributed by atoms with Gasteiger partial charge < -0.3 is 5.73 Å². The first-order chi connectivity index (χ1) is 5.91. The smallest absolute Gasteiger partial charge is 0.267 e. The number of carbonyl (C=O) groups is 1. The predicted molar refractivity (Wildman–Crippen MR) is 45.9 cm³/mol. The molecule has 1 aromatic rings. The summed E-state index contributed by atoms with van der Waals surface area (Å²) < 4.78 is 22.0. The Balaban J connectivity index is 3.29. The maximum atomic E-state index is 11.0. The highest BCUT2D eigenvalue weighted by Crippen LogP contribution is 2.05. The largest absolute Gasteiger partial charge is 0.364 e. The van der Waals surface area contributed by atoms with Gasteiger partial charge in [0, 0.05) is 6.26 Å². The van der Waals surface area contributed by atoms with Crippen molar-refractivity contribution in [3.63, 3.8) is 0 Å². The summed E-state index contributed by atoms with van der Waals surface area (Å²) in [5.74, 6) is -0.745. The number of amides is 1. The van der Waals surface area contributed by atoms with Crippen LogP contribution in [0.4, 0.5) is 0 Å². The topological polar surface area (TPSA) is 90.1 Å². The van der Waals surface area contributed by atoms with Gasteiger partial charge in [-0.3, -0.25) is 4.79 Å². The fraction of sp³-hybridized carbons (Fsp3) is 0.143. The first-order valence-corrected chi connectivity index (χ1v) is 5.27. The number of hydrogen-bond donors (Lipinski definition) is 1. The summed E-state index contributed by atoms with van der Waals surface area (Å²) in [6.45, 7) is 0. The zero-order valence-electron chi connectivity index (χ0n) is 6.89. The summed E-state index contributed by atoms with van der Waals surface area (Å²) in [6.07, 6.45) is 1.01. The van der Waals surface area contributed by atoms with Crippen molar-refractivity contribution in [3.8, 4) is 0 Å². The van der Waals surface area contributed by atoms with Crippen molar-refractivity contribution in [2.24, 2.45) is 5.73 Å². The van der Waals surface area contributed by atoms with Crippen LogP contribution in [0.25, 0.3) is 0 Å². The Hall–Kier alpha value is -1.43. The number of nitrogens with two attached hydrogens (primary N) is 1. The van der Waals surface area contributed by atoms with Crippen molar-refractivity contribution in [2.75, 3.05) is 6.26 Å². The SMILES string of the molecule is CS(=O)(=O)c1cccc(C(N)=O)n1. The summed E-state index contributed by atoms with van der Waals surface area (Å²) >= 11 is 0. The molecule has 0 fully saturated rings. The quantitative estimate of drug-likeness (QED) is 0.702. The van der Waals surface area contributed by atoms with Crippen LogP contribution in [0.5, 0.6) is 0 Å². The van der Waals surface area contributed by atoms with Crippen molar-refractivity contribution in [3.05, 3.63) is 23.9 Å². The molecular weight excluding hydrogens is 192 g/mol. The van der Waals surface area contributed by atoms with Crippen LogP contribution in [-0.2, 0) is 9.84 Å². The van der Waals surface area contributed by atoms with E-state index in [1.54, 1.807) is 0 Å². The van der Waals surface area contributed by atoms with Crippen LogP contribution in [0.2, 0.25) is 0 Å².